The number of carbonyl (C=O) groups is 2. The van der Waals surface area contributed by atoms with Crippen LogP contribution in [-0.4, -0.2) is 57.1 Å². The van der Waals surface area contributed by atoms with E-state index in [9.17, 15) is 18.0 Å². The highest BCUT2D eigenvalue weighted by Gasteiger charge is 2.30. The van der Waals surface area contributed by atoms with Crippen LogP contribution in [0.3, 0.4) is 0 Å². The van der Waals surface area contributed by atoms with E-state index >= 15 is 0 Å². The van der Waals surface area contributed by atoms with Crippen LogP contribution in [0.2, 0.25) is 5.02 Å². The molecule has 2 rings (SSSR count). The Balaban J connectivity index is 2.40. The molecule has 0 aromatic heterocycles. The van der Waals surface area contributed by atoms with E-state index in [1.54, 1.807) is 57.4 Å². The molecule has 35 heavy (non-hydrogen) atoms. The zero-order valence-corrected chi connectivity index (χ0v) is 22.6. The number of sulfonamides is 1. The summed E-state index contributed by atoms with van der Waals surface area (Å²) < 4.78 is 31.4. The van der Waals surface area contributed by atoms with Gasteiger partial charge < -0.3 is 15.0 Å². The van der Waals surface area contributed by atoms with Gasteiger partial charge in [-0.25, -0.2) is 8.42 Å². The molecule has 2 aromatic carbocycles. The molecule has 0 fully saturated rings. The molecule has 0 bridgehead atoms. The highest BCUT2D eigenvalue weighted by Crippen LogP contribution is 2.25. The maximum Gasteiger partial charge on any atom is 0.244 e. The molecule has 10 heteroatoms. The van der Waals surface area contributed by atoms with Crippen molar-refractivity contribution in [1.29, 1.82) is 0 Å². The van der Waals surface area contributed by atoms with E-state index in [-0.39, 0.29) is 24.2 Å². The maximum absolute atomic E-state index is 13.5. The zero-order chi connectivity index (χ0) is 26.3. The number of aryl methyl sites for hydroxylation is 1. The van der Waals surface area contributed by atoms with Gasteiger partial charge >= 0.3 is 0 Å². The second kappa shape index (κ2) is 12.3. The predicted molar refractivity (Wildman–Crippen MR) is 139 cm³/mol. The van der Waals surface area contributed by atoms with Crippen LogP contribution in [0.4, 0.5) is 5.69 Å². The summed E-state index contributed by atoms with van der Waals surface area (Å²) in [6, 6.07) is 11.0. The SMILES string of the molecule is CC[C@H](C)NC(=O)[C@@H](C)N(Cc1ccc(OC)cc1)C(=O)CN(c1ccc(C)c(Cl)c1)S(C)(=O)=O. The van der Waals surface area contributed by atoms with Gasteiger partial charge in [-0.2, -0.15) is 0 Å². The average molecular weight is 524 g/mol. The lowest BCUT2D eigenvalue weighted by Gasteiger charge is -2.32. The van der Waals surface area contributed by atoms with Gasteiger partial charge in [-0.05, 0) is 62.6 Å². The van der Waals surface area contributed by atoms with Crippen molar-refractivity contribution < 1.29 is 22.7 Å². The lowest BCUT2D eigenvalue weighted by Crippen LogP contribution is -2.52. The first-order valence-electron chi connectivity index (χ1n) is 11.3. The standard InChI is InChI=1S/C25H34ClN3O5S/c1-7-18(3)27-25(31)19(4)28(15-20-9-12-22(34-5)13-10-20)24(30)16-29(35(6,32)33)21-11-8-17(2)23(26)14-21/h8-14,18-19H,7,15-16H2,1-6H3,(H,27,31)/t18-,19+/m0/s1. The third kappa shape index (κ3) is 7.86. The van der Waals surface area contributed by atoms with Gasteiger partial charge in [-0.1, -0.05) is 36.7 Å². The largest absolute Gasteiger partial charge is 0.497 e. The van der Waals surface area contributed by atoms with Gasteiger partial charge in [-0.3, -0.25) is 13.9 Å². The summed E-state index contributed by atoms with van der Waals surface area (Å²) in [4.78, 5) is 27.8. The molecule has 0 radical (unpaired) electrons. The van der Waals surface area contributed by atoms with Crippen LogP contribution >= 0.6 is 11.6 Å². The molecular weight excluding hydrogens is 490 g/mol. The fraction of sp³-hybridized carbons (Fsp3) is 0.440. The molecule has 0 aliphatic carbocycles. The van der Waals surface area contributed by atoms with Gasteiger partial charge in [0.1, 0.15) is 18.3 Å². The summed E-state index contributed by atoms with van der Waals surface area (Å²) >= 11 is 6.21. The number of carbonyl (C=O) groups excluding carboxylic acids is 2. The number of halogens is 1. The van der Waals surface area contributed by atoms with E-state index in [0.717, 1.165) is 28.1 Å². The molecule has 0 saturated heterocycles. The maximum atomic E-state index is 13.5. The number of methoxy groups -OCH3 is 1. The first-order valence-corrected chi connectivity index (χ1v) is 13.6. The summed E-state index contributed by atoms with van der Waals surface area (Å²) in [6.07, 6.45) is 1.77. The number of nitrogens with one attached hydrogen (secondary N) is 1. The van der Waals surface area contributed by atoms with E-state index in [2.05, 4.69) is 5.32 Å². The molecule has 0 aliphatic rings. The summed E-state index contributed by atoms with van der Waals surface area (Å²) in [5.74, 6) is -0.172. The van der Waals surface area contributed by atoms with Gasteiger partial charge in [0.15, 0.2) is 0 Å². The minimum Gasteiger partial charge on any atom is -0.497 e. The third-order valence-corrected chi connectivity index (χ3v) is 7.35. The number of hydrogen-bond donors (Lipinski definition) is 1. The average Bonchev–Trinajstić information content (AvgIpc) is 2.81. The summed E-state index contributed by atoms with van der Waals surface area (Å²) in [5.41, 5.74) is 1.83. The van der Waals surface area contributed by atoms with E-state index < -0.39 is 28.5 Å². The van der Waals surface area contributed by atoms with Crippen molar-refractivity contribution >= 4 is 39.1 Å². The molecule has 0 unspecified atom stereocenters. The highest BCUT2D eigenvalue weighted by atomic mass is 35.5. The molecule has 2 aromatic rings. The van der Waals surface area contributed by atoms with E-state index in [1.807, 2.05) is 13.8 Å². The fourth-order valence-electron chi connectivity index (χ4n) is 3.33. The van der Waals surface area contributed by atoms with Crippen LogP contribution in [0.5, 0.6) is 5.75 Å². The topological polar surface area (TPSA) is 96.0 Å². The molecular formula is C25H34ClN3O5S. The van der Waals surface area contributed by atoms with Crippen LogP contribution in [0.1, 0.15) is 38.3 Å². The number of rotatable bonds is 11. The first kappa shape index (κ1) is 28.5. The quantitative estimate of drug-likeness (QED) is 0.484. The van der Waals surface area contributed by atoms with Gasteiger partial charge in [0.2, 0.25) is 21.8 Å². The normalized spacial score (nSPS) is 13.0. The summed E-state index contributed by atoms with van der Waals surface area (Å²) in [5, 5.41) is 3.28. The molecule has 0 saturated carbocycles. The summed E-state index contributed by atoms with van der Waals surface area (Å²) in [7, 11) is -2.26. The van der Waals surface area contributed by atoms with Gasteiger partial charge in [0, 0.05) is 17.6 Å². The molecule has 1 N–H and O–H groups in total. The second-order valence-electron chi connectivity index (χ2n) is 8.57. The van der Waals surface area contributed by atoms with Crippen LogP contribution in [-0.2, 0) is 26.2 Å². The molecule has 2 amide bonds. The van der Waals surface area contributed by atoms with Crippen molar-refractivity contribution in [3.05, 3.63) is 58.6 Å². The molecule has 0 aliphatic heterocycles. The predicted octanol–water partition coefficient (Wildman–Crippen LogP) is 3.76. The Morgan fingerprint density at radius 2 is 1.74 bits per heavy atom. The Labute approximate surface area is 213 Å². The highest BCUT2D eigenvalue weighted by molar-refractivity contribution is 7.92. The number of nitrogens with zero attached hydrogens (tertiary/aromatic N) is 2. The lowest BCUT2D eigenvalue weighted by molar-refractivity contribution is -0.139. The van der Waals surface area contributed by atoms with Crippen LogP contribution in [0, 0.1) is 6.92 Å². The Kier molecular flexibility index (Phi) is 9.97. The molecule has 8 nitrogen and oxygen atoms in total. The van der Waals surface area contributed by atoms with Gasteiger partial charge in [-0.15, -0.1) is 0 Å². The first-order chi connectivity index (χ1) is 16.4. The van der Waals surface area contributed by atoms with E-state index in [0.29, 0.717) is 10.8 Å². The monoisotopic (exact) mass is 523 g/mol. The Hall–Kier alpha value is -2.78. The van der Waals surface area contributed by atoms with Crippen molar-refractivity contribution in [2.24, 2.45) is 0 Å². The zero-order valence-electron chi connectivity index (χ0n) is 21.0. The van der Waals surface area contributed by atoms with E-state index in [4.69, 9.17) is 16.3 Å². The number of amides is 2. The van der Waals surface area contributed by atoms with Crippen molar-refractivity contribution in [3.8, 4) is 5.75 Å². The fourth-order valence-corrected chi connectivity index (χ4v) is 4.34. The minimum absolute atomic E-state index is 0.0647. The van der Waals surface area contributed by atoms with Gasteiger partial charge in [0.25, 0.3) is 0 Å². The van der Waals surface area contributed by atoms with Crippen molar-refractivity contribution in [1.82, 2.24) is 10.2 Å². The minimum atomic E-state index is -3.82. The lowest BCUT2D eigenvalue weighted by atomic mass is 10.1. The number of anilines is 1. The van der Waals surface area contributed by atoms with Crippen molar-refractivity contribution in [3.63, 3.8) is 0 Å². The second-order valence-corrected chi connectivity index (χ2v) is 10.9. The van der Waals surface area contributed by atoms with Crippen LogP contribution in [0.15, 0.2) is 42.5 Å². The summed E-state index contributed by atoms with van der Waals surface area (Å²) in [6.45, 7) is 6.90. The Morgan fingerprint density at radius 1 is 1.11 bits per heavy atom. The smallest absolute Gasteiger partial charge is 0.244 e. The molecule has 0 heterocycles. The Bertz CT molecular complexity index is 1140. The van der Waals surface area contributed by atoms with Crippen LogP contribution < -0.4 is 14.4 Å². The third-order valence-electron chi connectivity index (χ3n) is 5.80. The van der Waals surface area contributed by atoms with E-state index in [1.165, 1.54) is 11.0 Å². The number of benzene rings is 2. The van der Waals surface area contributed by atoms with Crippen molar-refractivity contribution in [2.45, 2.75) is 52.7 Å². The molecule has 0 spiro atoms. The van der Waals surface area contributed by atoms with Crippen LogP contribution in [0.25, 0.3) is 0 Å². The molecule has 192 valence electrons. The number of ether oxygens (including phenoxy) is 1. The van der Waals surface area contributed by atoms with Crippen molar-refractivity contribution in [2.75, 3.05) is 24.2 Å². The Morgan fingerprint density at radius 3 is 2.26 bits per heavy atom. The number of hydrogen-bond acceptors (Lipinski definition) is 5. The molecule has 2 atom stereocenters. The van der Waals surface area contributed by atoms with Gasteiger partial charge in [0.05, 0.1) is 19.1 Å².